The fourth-order valence-electron chi connectivity index (χ4n) is 3.29. The second-order valence-electron chi connectivity index (χ2n) is 6.72. The van der Waals surface area contributed by atoms with Gasteiger partial charge in [0.15, 0.2) is 5.96 Å². The summed E-state index contributed by atoms with van der Waals surface area (Å²) in [6, 6.07) is 9.00. The fourth-order valence-corrected chi connectivity index (χ4v) is 3.29. The first-order valence-electron chi connectivity index (χ1n) is 9.63. The Morgan fingerprint density at radius 1 is 1.38 bits per heavy atom. The molecule has 2 rings (SSSR count). The van der Waals surface area contributed by atoms with E-state index in [-0.39, 0.29) is 0 Å². The molecule has 1 aromatic carbocycles. The topological polar surface area (TPSA) is 58.1 Å². The number of aliphatic imine (C=N–C) groups is 1. The number of hydrogen-bond donors (Lipinski definition) is 2. The summed E-state index contributed by atoms with van der Waals surface area (Å²) in [6.07, 6.45) is 0.893. The largest absolute Gasteiger partial charge is 0.496 e. The third-order valence-corrected chi connectivity index (χ3v) is 4.72. The summed E-state index contributed by atoms with van der Waals surface area (Å²) < 4.78 is 10.9. The Morgan fingerprint density at radius 2 is 2.19 bits per heavy atom. The van der Waals surface area contributed by atoms with E-state index < -0.39 is 0 Å². The molecule has 0 amide bonds. The summed E-state index contributed by atoms with van der Waals surface area (Å²) in [5, 5.41) is 6.76. The molecule has 1 fully saturated rings. The Hall–Kier alpha value is -1.79. The van der Waals surface area contributed by atoms with Gasteiger partial charge in [-0.25, -0.2) is 0 Å². The molecule has 1 heterocycles. The molecular weight excluding hydrogens is 328 g/mol. The van der Waals surface area contributed by atoms with Crippen LogP contribution in [-0.4, -0.2) is 69.4 Å². The predicted octanol–water partition coefficient (Wildman–Crippen LogP) is 1.90. The smallest absolute Gasteiger partial charge is 0.191 e. The van der Waals surface area contributed by atoms with Crippen molar-refractivity contribution in [3.8, 4) is 5.75 Å². The van der Waals surface area contributed by atoms with E-state index in [1.165, 1.54) is 5.56 Å². The summed E-state index contributed by atoms with van der Waals surface area (Å²) >= 11 is 0. The Balaban J connectivity index is 1.85. The lowest BCUT2D eigenvalue weighted by molar-refractivity contribution is -0.0165. The Bertz CT molecular complexity index is 564. The van der Waals surface area contributed by atoms with E-state index in [4.69, 9.17) is 14.5 Å². The summed E-state index contributed by atoms with van der Waals surface area (Å²) in [5.41, 5.74) is 1.20. The number of benzene rings is 1. The highest BCUT2D eigenvalue weighted by Crippen LogP contribution is 2.17. The molecule has 6 nitrogen and oxygen atoms in total. The van der Waals surface area contributed by atoms with Crippen LogP contribution < -0.4 is 15.4 Å². The molecular formula is C20H34N4O2. The minimum Gasteiger partial charge on any atom is -0.496 e. The second kappa shape index (κ2) is 11.0. The molecule has 2 unspecified atom stereocenters. The van der Waals surface area contributed by atoms with E-state index in [0.29, 0.717) is 12.1 Å². The van der Waals surface area contributed by atoms with E-state index in [2.05, 4.69) is 42.4 Å². The van der Waals surface area contributed by atoms with Crippen molar-refractivity contribution in [2.24, 2.45) is 4.99 Å². The van der Waals surface area contributed by atoms with Crippen molar-refractivity contribution in [3.05, 3.63) is 29.8 Å². The van der Waals surface area contributed by atoms with Gasteiger partial charge in [0.25, 0.3) is 0 Å². The molecule has 2 N–H and O–H groups in total. The molecule has 6 heteroatoms. The zero-order valence-electron chi connectivity index (χ0n) is 16.6. The normalized spacial score (nSPS) is 19.8. The number of rotatable bonds is 8. The van der Waals surface area contributed by atoms with Crippen LogP contribution in [0.25, 0.3) is 0 Å². The Morgan fingerprint density at radius 3 is 2.92 bits per heavy atom. The summed E-state index contributed by atoms with van der Waals surface area (Å²) in [7, 11) is 1.71. The molecule has 1 aliphatic rings. The molecule has 0 radical (unpaired) electrons. The number of hydrogen-bond acceptors (Lipinski definition) is 4. The van der Waals surface area contributed by atoms with Crippen molar-refractivity contribution < 1.29 is 9.47 Å². The second-order valence-corrected chi connectivity index (χ2v) is 6.72. The van der Waals surface area contributed by atoms with Crippen LogP contribution in [0, 0.1) is 0 Å². The van der Waals surface area contributed by atoms with Crippen LogP contribution in [0.5, 0.6) is 5.75 Å². The lowest BCUT2D eigenvalue weighted by Gasteiger charge is -2.37. The van der Waals surface area contributed by atoms with Crippen molar-refractivity contribution in [1.29, 1.82) is 0 Å². The van der Waals surface area contributed by atoms with Gasteiger partial charge in [0.05, 0.1) is 26.9 Å². The fraction of sp³-hybridized carbons (Fsp3) is 0.650. The first-order chi connectivity index (χ1) is 12.7. The molecule has 0 saturated carbocycles. The molecule has 1 aromatic rings. The van der Waals surface area contributed by atoms with Gasteiger partial charge in [-0.2, -0.15) is 0 Å². The SMILES string of the molecule is CCNC(=NCC(C)N1CCOCC1C)NCCc1ccccc1OC. The Labute approximate surface area is 158 Å². The predicted molar refractivity (Wildman–Crippen MR) is 107 cm³/mol. The summed E-state index contributed by atoms with van der Waals surface area (Å²) in [5.74, 6) is 1.81. The van der Waals surface area contributed by atoms with Gasteiger partial charge in [-0.15, -0.1) is 0 Å². The zero-order valence-corrected chi connectivity index (χ0v) is 16.6. The highest BCUT2D eigenvalue weighted by molar-refractivity contribution is 5.79. The third kappa shape index (κ3) is 6.18. The van der Waals surface area contributed by atoms with Crippen molar-refractivity contribution >= 4 is 5.96 Å². The van der Waals surface area contributed by atoms with Gasteiger partial charge < -0.3 is 20.1 Å². The minimum absolute atomic E-state index is 0.401. The molecule has 26 heavy (non-hydrogen) atoms. The minimum atomic E-state index is 0.401. The molecule has 0 aliphatic carbocycles. The number of nitrogens with one attached hydrogen (secondary N) is 2. The number of guanidine groups is 1. The maximum absolute atomic E-state index is 5.53. The van der Waals surface area contributed by atoms with Crippen molar-refractivity contribution in [2.45, 2.75) is 39.3 Å². The molecule has 1 aliphatic heterocycles. The van der Waals surface area contributed by atoms with Crippen LogP contribution in [0.15, 0.2) is 29.3 Å². The highest BCUT2D eigenvalue weighted by Gasteiger charge is 2.23. The zero-order chi connectivity index (χ0) is 18.8. The van der Waals surface area contributed by atoms with Gasteiger partial charge in [-0.1, -0.05) is 18.2 Å². The van der Waals surface area contributed by atoms with Gasteiger partial charge in [0, 0.05) is 31.7 Å². The van der Waals surface area contributed by atoms with Crippen molar-refractivity contribution in [3.63, 3.8) is 0 Å². The van der Waals surface area contributed by atoms with E-state index in [1.807, 2.05) is 18.2 Å². The first-order valence-corrected chi connectivity index (χ1v) is 9.63. The van der Waals surface area contributed by atoms with Crippen LogP contribution >= 0.6 is 0 Å². The van der Waals surface area contributed by atoms with Crippen LogP contribution in [0.4, 0.5) is 0 Å². The number of para-hydroxylation sites is 1. The maximum Gasteiger partial charge on any atom is 0.191 e. The van der Waals surface area contributed by atoms with Crippen LogP contribution in [0.3, 0.4) is 0 Å². The number of morpholine rings is 1. The van der Waals surface area contributed by atoms with E-state index in [1.54, 1.807) is 7.11 Å². The van der Waals surface area contributed by atoms with Gasteiger partial charge in [-0.05, 0) is 38.8 Å². The van der Waals surface area contributed by atoms with Gasteiger partial charge in [0.1, 0.15) is 5.75 Å². The number of nitrogens with zero attached hydrogens (tertiary/aromatic N) is 2. The summed E-state index contributed by atoms with van der Waals surface area (Å²) in [4.78, 5) is 7.26. The van der Waals surface area contributed by atoms with Crippen molar-refractivity contribution in [2.75, 3.05) is 46.5 Å². The van der Waals surface area contributed by atoms with E-state index in [0.717, 1.165) is 57.5 Å². The van der Waals surface area contributed by atoms with Crippen LogP contribution in [0.1, 0.15) is 26.3 Å². The molecule has 0 aromatic heterocycles. The van der Waals surface area contributed by atoms with Crippen LogP contribution in [0.2, 0.25) is 0 Å². The molecule has 0 spiro atoms. The summed E-state index contributed by atoms with van der Waals surface area (Å²) in [6.45, 7) is 11.6. The van der Waals surface area contributed by atoms with E-state index >= 15 is 0 Å². The lowest BCUT2D eigenvalue weighted by Crippen LogP contribution is -2.49. The standard InChI is InChI=1S/C20H34N4O2/c1-5-21-20(22-11-10-18-8-6-7-9-19(18)25-4)23-14-16(2)24-12-13-26-15-17(24)3/h6-9,16-17H,5,10-15H2,1-4H3,(H2,21,22,23). The quantitative estimate of drug-likeness (QED) is 0.546. The van der Waals surface area contributed by atoms with E-state index in [9.17, 15) is 0 Å². The molecule has 146 valence electrons. The average Bonchev–Trinajstić information content (AvgIpc) is 2.66. The molecule has 0 bridgehead atoms. The molecule has 2 atom stereocenters. The van der Waals surface area contributed by atoms with Gasteiger partial charge in [0.2, 0.25) is 0 Å². The highest BCUT2D eigenvalue weighted by atomic mass is 16.5. The van der Waals surface area contributed by atoms with Gasteiger partial charge in [-0.3, -0.25) is 9.89 Å². The molecule has 1 saturated heterocycles. The Kier molecular flexibility index (Phi) is 8.71. The van der Waals surface area contributed by atoms with Crippen LogP contribution in [-0.2, 0) is 11.2 Å². The number of ether oxygens (including phenoxy) is 2. The average molecular weight is 363 g/mol. The maximum atomic E-state index is 5.53. The van der Waals surface area contributed by atoms with Gasteiger partial charge >= 0.3 is 0 Å². The number of methoxy groups -OCH3 is 1. The monoisotopic (exact) mass is 362 g/mol. The first kappa shape index (κ1) is 20.5. The third-order valence-electron chi connectivity index (χ3n) is 4.72. The van der Waals surface area contributed by atoms with Crippen molar-refractivity contribution in [1.82, 2.24) is 15.5 Å². The lowest BCUT2D eigenvalue weighted by atomic mass is 10.1.